The number of amides is 1. The molecule has 5 rings (SSSR count). The minimum absolute atomic E-state index is 0.00548. The zero-order valence-corrected chi connectivity index (χ0v) is 20.8. The fourth-order valence-electron chi connectivity index (χ4n) is 5.57. The lowest BCUT2D eigenvalue weighted by Crippen LogP contribution is -2.63. The summed E-state index contributed by atoms with van der Waals surface area (Å²) in [6.07, 6.45) is 4.57. The molecule has 1 aromatic carbocycles. The summed E-state index contributed by atoms with van der Waals surface area (Å²) in [6, 6.07) is 10.2. The molecule has 2 aromatic heterocycles. The lowest BCUT2D eigenvalue weighted by atomic mass is 9.62. The van der Waals surface area contributed by atoms with Crippen LogP contribution in [0.2, 0.25) is 0 Å². The Kier molecular flexibility index (Phi) is 5.97. The Balaban J connectivity index is 1.51. The van der Waals surface area contributed by atoms with Crippen LogP contribution in [0.1, 0.15) is 68.0 Å². The van der Waals surface area contributed by atoms with Crippen LogP contribution in [0.15, 0.2) is 47.2 Å². The van der Waals surface area contributed by atoms with Crippen molar-refractivity contribution in [3.8, 4) is 11.4 Å². The minimum Gasteiger partial charge on any atom is -0.380 e. The summed E-state index contributed by atoms with van der Waals surface area (Å²) in [7, 11) is 2.06. The van der Waals surface area contributed by atoms with E-state index in [0.717, 1.165) is 18.7 Å². The van der Waals surface area contributed by atoms with Crippen LogP contribution in [-0.4, -0.2) is 57.7 Å². The number of pyridine rings is 1. The van der Waals surface area contributed by atoms with E-state index >= 15 is 0 Å². The molecule has 8 nitrogen and oxygen atoms in total. The van der Waals surface area contributed by atoms with Crippen molar-refractivity contribution >= 4 is 5.91 Å². The summed E-state index contributed by atoms with van der Waals surface area (Å²) >= 11 is 0. The van der Waals surface area contributed by atoms with Gasteiger partial charge in [-0.25, -0.2) is 0 Å². The van der Waals surface area contributed by atoms with Gasteiger partial charge in [0, 0.05) is 55.0 Å². The molecule has 35 heavy (non-hydrogen) atoms. The highest BCUT2D eigenvalue weighted by molar-refractivity contribution is 5.76. The highest BCUT2D eigenvalue weighted by Crippen LogP contribution is 2.50. The van der Waals surface area contributed by atoms with E-state index in [2.05, 4.69) is 65.3 Å². The number of aromatic nitrogens is 3. The second-order valence-corrected chi connectivity index (χ2v) is 10.7. The number of nitrogens with zero attached hydrogens (tertiary/aromatic N) is 4. The molecule has 2 atom stereocenters. The second-order valence-electron chi connectivity index (χ2n) is 10.7. The molecule has 3 aromatic rings. The number of piperidine rings is 1. The van der Waals surface area contributed by atoms with Gasteiger partial charge in [-0.15, -0.1) is 0 Å². The van der Waals surface area contributed by atoms with Crippen LogP contribution >= 0.6 is 0 Å². The lowest BCUT2D eigenvalue weighted by Gasteiger charge is -2.55. The van der Waals surface area contributed by atoms with Crippen molar-refractivity contribution in [1.29, 1.82) is 0 Å². The zero-order valence-electron chi connectivity index (χ0n) is 20.8. The van der Waals surface area contributed by atoms with Gasteiger partial charge in [0.15, 0.2) is 0 Å². The van der Waals surface area contributed by atoms with E-state index in [1.54, 1.807) is 12.4 Å². The molecule has 2 aliphatic heterocycles. The summed E-state index contributed by atoms with van der Waals surface area (Å²) in [4.78, 5) is 22.8. The maximum absolute atomic E-state index is 12.4. The lowest BCUT2D eigenvalue weighted by molar-refractivity contribution is -0.127. The molecule has 0 saturated carbocycles. The average Bonchev–Trinajstić information content (AvgIpc) is 3.33. The zero-order chi connectivity index (χ0) is 24.8. The third-order valence-electron chi connectivity index (χ3n) is 7.58. The van der Waals surface area contributed by atoms with Gasteiger partial charge in [-0.2, -0.15) is 4.98 Å². The number of carbonyl (C=O) groups excluding carboxylic acids is 1. The molecule has 0 spiro atoms. The van der Waals surface area contributed by atoms with Crippen molar-refractivity contribution in [2.75, 3.05) is 26.7 Å². The normalized spacial score (nSPS) is 21.9. The predicted molar refractivity (Wildman–Crippen MR) is 132 cm³/mol. The average molecular weight is 476 g/mol. The fraction of sp³-hybridized carbons (Fsp3) is 0.481. The predicted octanol–water partition coefficient (Wildman–Crippen LogP) is 3.44. The number of hydrogen-bond acceptors (Lipinski definition) is 7. The van der Waals surface area contributed by atoms with Crippen LogP contribution < -0.4 is 5.32 Å². The number of nitrogens with one attached hydrogen (secondary N) is 1. The molecule has 1 amide bonds. The third kappa shape index (κ3) is 4.15. The molecule has 4 heterocycles. The fourth-order valence-corrected chi connectivity index (χ4v) is 5.57. The first-order valence-corrected chi connectivity index (χ1v) is 12.3. The van der Waals surface area contributed by atoms with Crippen LogP contribution in [0.4, 0.5) is 0 Å². The van der Waals surface area contributed by atoms with Crippen molar-refractivity contribution in [3.63, 3.8) is 0 Å². The topological polar surface area (TPSA) is 104 Å². The second kappa shape index (κ2) is 8.84. The number of hydrogen-bond donors (Lipinski definition) is 2. The summed E-state index contributed by atoms with van der Waals surface area (Å²) in [5.41, 5.74) is 1.85. The van der Waals surface area contributed by atoms with Crippen molar-refractivity contribution in [2.24, 2.45) is 5.41 Å². The van der Waals surface area contributed by atoms with E-state index in [1.165, 1.54) is 5.56 Å². The van der Waals surface area contributed by atoms with Gasteiger partial charge in [-0.05, 0) is 36.6 Å². The van der Waals surface area contributed by atoms with Gasteiger partial charge in [0.25, 0.3) is 0 Å². The standard InChI is InChI=1S/C27H33N5O3/c1-17(2)18-5-8-21(9-6-18)27(34,26(3)15-32(4)16-26)22-11-20(12-28-14-22)24-30-25(35-31-24)19-7-10-23(33)29-13-19/h5-6,8-9,11-12,14,17,19,34H,7,10,13,15-16H2,1-4H3,(H,29,33)/t19?,27-/m0/s1. The summed E-state index contributed by atoms with van der Waals surface area (Å²) in [5.74, 6) is 1.41. The Labute approximate surface area is 205 Å². The summed E-state index contributed by atoms with van der Waals surface area (Å²) < 4.78 is 5.54. The number of aliphatic hydroxyl groups is 1. The number of benzene rings is 1. The minimum atomic E-state index is -1.24. The Morgan fingerprint density at radius 3 is 2.57 bits per heavy atom. The van der Waals surface area contributed by atoms with E-state index < -0.39 is 5.60 Å². The van der Waals surface area contributed by atoms with Crippen LogP contribution in [-0.2, 0) is 10.4 Å². The highest BCUT2D eigenvalue weighted by Gasteiger charge is 2.55. The molecule has 2 saturated heterocycles. The molecular weight excluding hydrogens is 442 g/mol. The van der Waals surface area contributed by atoms with Crippen LogP contribution in [0, 0.1) is 5.41 Å². The molecule has 2 N–H and O–H groups in total. The molecule has 1 unspecified atom stereocenters. The van der Waals surface area contributed by atoms with Crippen molar-refractivity contribution in [3.05, 3.63) is 65.3 Å². The molecule has 0 radical (unpaired) electrons. The number of carbonyl (C=O) groups is 1. The van der Waals surface area contributed by atoms with E-state index in [-0.39, 0.29) is 17.2 Å². The molecule has 184 valence electrons. The first-order valence-electron chi connectivity index (χ1n) is 12.3. The monoisotopic (exact) mass is 475 g/mol. The number of likely N-dealkylation sites (tertiary alicyclic amines) is 1. The van der Waals surface area contributed by atoms with E-state index in [9.17, 15) is 9.90 Å². The largest absolute Gasteiger partial charge is 0.380 e. The maximum atomic E-state index is 12.4. The van der Waals surface area contributed by atoms with Crippen LogP contribution in [0.3, 0.4) is 0 Å². The van der Waals surface area contributed by atoms with Gasteiger partial charge in [0.05, 0.1) is 5.92 Å². The SMILES string of the molecule is CC(C)c1ccc([C@](O)(c2cncc(-c3noc(C4CCC(=O)NC4)n3)c2)C2(C)CN(C)C2)cc1. The Bertz CT molecular complexity index is 1210. The van der Waals surface area contributed by atoms with Crippen LogP contribution in [0.25, 0.3) is 11.4 Å². The third-order valence-corrected chi connectivity index (χ3v) is 7.58. The quantitative estimate of drug-likeness (QED) is 0.563. The molecular formula is C27H33N5O3. The van der Waals surface area contributed by atoms with Crippen LogP contribution in [0.5, 0.6) is 0 Å². The molecule has 8 heteroatoms. The van der Waals surface area contributed by atoms with Gasteiger partial charge < -0.3 is 19.8 Å². The maximum Gasteiger partial charge on any atom is 0.231 e. The van der Waals surface area contributed by atoms with E-state index in [0.29, 0.717) is 48.1 Å². The molecule has 2 fully saturated rings. The smallest absolute Gasteiger partial charge is 0.231 e. The van der Waals surface area contributed by atoms with Crippen molar-refractivity contribution in [1.82, 2.24) is 25.3 Å². The Morgan fingerprint density at radius 1 is 1.20 bits per heavy atom. The molecule has 0 aliphatic carbocycles. The first kappa shape index (κ1) is 23.6. The van der Waals surface area contributed by atoms with Gasteiger partial charge in [0.1, 0.15) is 5.60 Å². The Morgan fingerprint density at radius 2 is 1.94 bits per heavy atom. The first-order chi connectivity index (χ1) is 16.7. The molecule has 2 aliphatic rings. The summed E-state index contributed by atoms with van der Waals surface area (Å²) in [6.45, 7) is 8.48. The van der Waals surface area contributed by atoms with Gasteiger partial charge >= 0.3 is 0 Å². The van der Waals surface area contributed by atoms with Crippen molar-refractivity contribution in [2.45, 2.75) is 51.0 Å². The van der Waals surface area contributed by atoms with E-state index in [1.807, 2.05) is 18.2 Å². The van der Waals surface area contributed by atoms with Gasteiger partial charge in [-0.3, -0.25) is 9.78 Å². The van der Waals surface area contributed by atoms with Crippen molar-refractivity contribution < 1.29 is 14.4 Å². The summed E-state index contributed by atoms with van der Waals surface area (Å²) in [5, 5.41) is 19.5. The molecule has 0 bridgehead atoms. The van der Waals surface area contributed by atoms with Gasteiger partial charge in [-0.1, -0.05) is 50.2 Å². The highest BCUT2D eigenvalue weighted by atomic mass is 16.5. The van der Waals surface area contributed by atoms with E-state index in [4.69, 9.17) is 4.52 Å². The van der Waals surface area contributed by atoms with Gasteiger partial charge in [0.2, 0.25) is 17.6 Å². The number of rotatable bonds is 6. The Hall–Kier alpha value is -3.10.